The topological polar surface area (TPSA) is 42.0 Å². The van der Waals surface area contributed by atoms with Gasteiger partial charge in [-0.3, -0.25) is 9.69 Å². The number of carbonyl (C=O) groups excluding carboxylic acids is 1. The normalized spacial score (nSPS) is 20.7. The molecule has 0 radical (unpaired) electrons. The molecule has 0 spiro atoms. The van der Waals surface area contributed by atoms with Gasteiger partial charge < -0.3 is 14.4 Å². The largest absolute Gasteiger partial charge is 0.497 e. The fourth-order valence-corrected chi connectivity index (χ4v) is 4.93. The van der Waals surface area contributed by atoms with Crippen LogP contribution in [-0.2, 0) is 0 Å². The molecule has 2 fully saturated rings. The number of methoxy groups -OCH3 is 2. The van der Waals surface area contributed by atoms with Crippen molar-refractivity contribution in [2.45, 2.75) is 31.7 Å². The number of likely N-dealkylation sites (tertiary alicyclic amines) is 1. The molecule has 2 aliphatic heterocycles. The van der Waals surface area contributed by atoms with Crippen molar-refractivity contribution >= 4 is 11.5 Å². The number of anilines is 1. The van der Waals surface area contributed by atoms with Gasteiger partial charge in [-0.25, -0.2) is 0 Å². The lowest BCUT2D eigenvalue weighted by Gasteiger charge is -2.42. The van der Waals surface area contributed by atoms with Crippen LogP contribution in [0, 0.1) is 5.92 Å². The van der Waals surface area contributed by atoms with Gasteiger partial charge >= 0.3 is 0 Å². The van der Waals surface area contributed by atoms with E-state index in [9.17, 15) is 4.79 Å². The minimum Gasteiger partial charge on any atom is -0.497 e. The average molecular weight is 409 g/mol. The molecule has 0 amide bonds. The zero-order valence-electron chi connectivity index (χ0n) is 18.0. The highest BCUT2D eigenvalue weighted by atomic mass is 16.5. The SMILES string of the molecule is COc1cccc(C(=O)[C@@H]2CCCN(C3CCN(c4ccccc4OC)CC3)C2)c1. The van der Waals surface area contributed by atoms with Gasteiger partial charge in [0.05, 0.1) is 19.9 Å². The summed E-state index contributed by atoms with van der Waals surface area (Å²) in [6, 6.07) is 16.4. The van der Waals surface area contributed by atoms with Gasteiger partial charge in [0.1, 0.15) is 11.5 Å². The molecular weight excluding hydrogens is 376 g/mol. The second kappa shape index (κ2) is 9.52. The van der Waals surface area contributed by atoms with Gasteiger partial charge in [-0.15, -0.1) is 0 Å². The monoisotopic (exact) mass is 408 g/mol. The third-order valence-corrected chi connectivity index (χ3v) is 6.58. The first-order valence-electron chi connectivity index (χ1n) is 11.0. The molecule has 2 aromatic rings. The van der Waals surface area contributed by atoms with Crippen LogP contribution < -0.4 is 14.4 Å². The Kier molecular flexibility index (Phi) is 6.58. The molecular formula is C25H32N2O3. The van der Waals surface area contributed by atoms with Crippen molar-refractivity contribution < 1.29 is 14.3 Å². The highest BCUT2D eigenvalue weighted by Gasteiger charge is 2.32. The predicted molar refractivity (Wildman–Crippen MR) is 120 cm³/mol. The van der Waals surface area contributed by atoms with E-state index in [2.05, 4.69) is 21.9 Å². The molecule has 2 aromatic carbocycles. The highest BCUT2D eigenvalue weighted by molar-refractivity contribution is 5.98. The van der Waals surface area contributed by atoms with Crippen LogP contribution in [0.4, 0.5) is 5.69 Å². The van der Waals surface area contributed by atoms with Crippen LogP contribution >= 0.6 is 0 Å². The van der Waals surface area contributed by atoms with Crippen molar-refractivity contribution in [3.05, 3.63) is 54.1 Å². The van der Waals surface area contributed by atoms with Crippen LogP contribution in [0.3, 0.4) is 0 Å². The van der Waals surface area contributed by atoms with Gasteiger partial charge in [0.15, 0.2) is 5.78 Å². The molecule has 0 saturated carbocycles. The fourth-order valence-electron chi connectivity index (χ4n) is 4.93. The number of ketones is 1. The molecule has 2 aliphatic rings. The molecule has 2 heterocycles. The summed E-state index contributed by atoms with van der Waals surface area (Å²) in [4.78, 5) is 18.1. The van der Waals surface area contributed by atoms with E-state index < -0.39 is 0 Å². The minimum atomic E-state index is 0.0816. The van der Waals surface area contributed by atoms with E-state index in [0.717, 1.165) is 68.9 Å². The van der Waals surface area contributed by atoms with Gasteiger partial charge in [0, 0.05) is 37.2 Å². The quantitative estimate of drug-likeness (QED) is 0.668. The molecule has 5 nitrogen and oxygen atoms in total. The first-order valence-corrected chi connectivity index (χ1v) is 11.0. The Labute approximate surface area is 179 Å². The number of Topliss-reactive ketones (excluding diaryl/α,β-unsaturated/α-hetero) is 1. The standard InChI is InChI=1S/C25H32N2O3/c1-29-22-9-5-7-19(17-22)25(28)20-8-6-14-27(18-20)21-12-15-26(16-13-21)23-10-3-4-11-24(23)30-2/h3-5,7,9-11,17,20-21H,6,8,12-16,18H2,1-2H3/t20-/m1/s1. The zero-order valence-corrected chi connectivity index (χ0v) is 18.0. The number of nitrogens with zero attached hydrogens (tertiary/aromatic N) is 2. The van der Waals surface area contributed by atoms with Crippen molar-refractivity contribution in [2.75, 3.05) is 45.3 Å². The van der Waals surface area contributed by atoms with Crippen LogP contribution in [-0.4, -0.2) is 57.1 Å². The summed E-state index contributed by atoms with van der Waals surface area (Å²) in [5.41, 5.74) is 1.95. The number of benzene rings is 2. The van der Waals surface area contributed by atoms with E-state index in [4.69, 9.17) is 9.47 Å². The Bertz CT molecular complexity index is 861. The van der Waals surface area contributed by atoms with Gasteiger partial charge in [-0.05, 0) is 56.5 Å². The lowest BCUT2D eigenvalue weighted by molar-refractivity contribution is 0.0719. The van der Waals surface area contributed by atoms with E-state index in [1.165, 1.54) is 5.69 Å². The van der Waals surface area contributed by atoms with E-state index in [1.807, 2.05) is 36.4 Å². The van der Waals surface area contributed by atoms with Crippen molar-refractivity contribution in [3.8, 4) is 11.5 Å². The maximum absolute atomic E-state index is 13.1. The molecule has 5 heteroatoms. The third kappa shape index (κ3) is 4.46. The van der Waals surface area contributed by atoms with Crippen LogP contribution in [0.1, 0.15) is 36.0 Å². The minimum absolute atomic E-state index is 0.0816. The van der Waals surface area contributed by atoms with E-state index >= 15 is 0 Å². The van der Waals surface area contributed by atoms with Gasteiger partial charge in [0.25, 0.3) is 0 Å². The summed E-state index contributed by atoms with van der Waals surface area (Å²) >= 11 is 0. The summed E-state index contributed by atoms with van der Waals surface area (Å²) in [5, 5.41) is 0. The molecule has 160 valence electrons. The maximum Gasteiger partial charge on any atom is 0.167 e. The Morgan fingerprint density at radius 1 is 0.933 bits per heavy atom. The Morgan fingerprint density at radius 2 is 1.73 bits per heavy atom. The zero-order chi connectivity index (χ0) is 20.9. The molecule has 1 atom stereocenters. The van der Waals surface area contributed by atoms with Gasteiger partial charge in [-0.1, -0.05) is 24.3 Å². The van der Waals surface area contributed by atoms with Crippen LogP contribution in [0.5, 0.6) is 11.5 Å². The number of hydrogen-bond acceptors (Lipinski definition) is 5. The third-order valence-electron chi connectivity index (χ3n) is 6.58. The molecule has 0 aromatic heterocycles. The van der Waals surface area contributed by atoms with Crippen molar-refractivity contribution in [1.29, 1.82) is 0 Å². The van der Waals surface area contributed by atoms with Crippen molar-refractivity contribution in [2.24, 2.45) is 5.92 Å². The first-order chi connectivity index (χ1) is 14.7. The molecule has 0 unspecified atom stereocenters. The smallest absolute Gasteiger partial charge is 0.167 e. The van der Waals surface area contributed by atoms with Gasteiger partial charge in [0.2, 0.25) is 0 Å². The fraction of sp³-hybridized carbons (Fsp3) is 0.480. The van der Waals surface area contributed by atoms with Crippen LogP contribution in [0.2, 0.25) is 0 Å². The van der Waals surface area contributed by atoms with Crippen molar-refractivity contribution in [3.63, 3.8) is 0 Å². The number of carbonyl (C=O) groups is 1. The average Bonchev–Trinajstić information content (AvgIpc) is 2.83. The van der Waals surface area contributed by atoms with E-state index in [1.54, 1.807) is 14.2 Å². The second-order valence-electron chi connectivity index (χ2n) is 8.32. The number of hydrogen-bond donors (Lipinski definition) is 0. The van der Waals surface area contributed by atoms with E-state index in [0.29, 0.717) is 6.04 Å². The van der Waals surface area contributed by atoms with Crippen molar-refractivity contribution in [1.82, 2.24) is 4.90 Å². The molecule has 0 aliphatic carbocycles. The maximum atomic E-state index is 13.1. The number of rotatable bonds is 6. The molecule has 0 bridgehead atoms. The highest BCUT2D eigenvalue weighted by Crippen LogP contribution is 2.32. The summed E-state index contributed by atoms with van der Waals surface area (Å²) in [5.74, 6) is 2.03. The number of para-hydroxylation sites is 2. The van der Waals surface area contributed by atoms with Crippen LogP contribution in [0.25, 0.3) is 0 Å². The van der Waals surface area contributed by atoms with Gasteiger partial charge in [-0.2, -0.15) is 0 Å². The molecule has 4 rings (SSSR count). The first kappa shape index (κ1) is 20.7. The van der Waals surface area contributed by atoms with E-state index in [-0.39, 0.29) is 11.7 Å². The molecule has 2 saturated heterocycles. The Hall–Kier alpha value is -2.53. The Balaban J connectivity index is 1.37. The summed E-state index contributed by atoms with van der Waals surface area (Å²) in [7, 11) is 3.38. The second-order valence-corrected chi connectivity index (χ2v) is 8.32. The number of ether oxygens (including phenoxy) is 2. The summed E-state index contributed by atoms with van der Waals surface area (Å²) < 4.78 is 10.8. The predicted octanol–water partition coefficient (Wildman–Crippen LogP) is 4.27. The van der Waals surface area contributed by atoms with Crippen LogP contribution in [0.15, 0.2) is 48.5 Å². The summed E-state index contributed by atoms with van der Waals surface area (Å²) in [6.45, 7) is 4.02. The number of piperidine rings is 2. The Morgan fingerprint density at radius 3 is 2.50 bits per heavy atom. The summed E-state index contributed by atoms with van der Waals surface area (Å²) in [6.07, 6.45) is 4.32. The molecule has 0 N–H and O–H groups in total. The molecule has 30 heavy (non-hydrogen) atoms. The lowest BCUT2D eigenvalue weighted by atomic mass is 9.88. The lowest BCUT2D eigenvalue weighted by Crippen LogP contribution is -2.49.